The molecule has 182 valence electrons. The van der Waals surface area contributed by atoms with Gasteiger partial charge in [0, 0.05) is 35.0 Å². The van der Waals surface area contributed by atoms with Crippen LogP contribution < -0.4 is 16.1 Å². The minimum atomic E-state index is -0.992. The standard InChI is InChI=1S/C28H24N2O6/c1-16-13-17(2)26-22(14-16)23(31)15-24(36-26)18-3-5-20(6-4-18)28(35)30-21-9-7-19(8-10-21)27(34)29-12-11-25(32)33/h3-10,13-15H,11-12H2,1-2H3,(H,29,34)(H,30,35)(H,32,33). The average molecular weight is 485 g/mol. The Kier molecular flexibility index (Phi) is 6.96. The maximum absolute atomic E-state index is 12.7. The lowest BCUT2D eigenvalue weighted by atomic mass is 10.1. The molecule has 8 nitrogen and oxygen atoms in total. The van der Waals surface area contributed by atoms with Crippen LogP contribution in [0.1, 0.15) is 38.3 Å². The number of carbonyl (C=O) groups is 3. The highest BCUT2D eigenvalue weighted by atomic mass is 16.4. The van der Waals surface area contributed by atoms with Crippen LogP contribution in [-0.4, -0.2) is 29.4 Å². The van der Waals surface area contributed by atoms with E-state index in [2.05, 4.69) is 10.6 Å². The number of fused-ring (bicyclic) bond motifs is 1. The highest BCUT2D eigenvalue weighted by Gasteiger charge is 2.12. The van der Waals surface area contributed by atoms with Gasteiger partial charge >= 0.3 is 5.97 Å². The van der Waals surface area contributed by atoms with E-state index in [0.29, 0.717) is 39.1 Å². The van der Waals surface area contributed by atoms with E-state index in [1.54, 1.807) is 48.5 Å². The van der Waals surface area contributed by atoms with Crippen molar-refractivity contribution in [3.63, 3.8) is 0 Å². The zero-order chi connectivity index (χ0) is 25.8. The Hall–Kier alpha value is -4.72. The van der Waals surface area contributed by atoms with E-state index in [4.69, 9.17) is 9.52 Å². The lowest BCUT2D eigenvalue weighted by molar-refractivity contribution is -0.136. The van der Waals surface area contributed by atoms with Crippen molar-refractivity contribution in [1.29, 1.82) is 0 Å². The van der Waals surface area contributed by atoms with Gasteiger partial charge in [0.2, 0.25) is 0 Å². The molecule has 0 spiro atoms. The van der Waals surface area contributed by atoms with Gasteiger partial charge in [-0.1, -0.05) is 18.2 Å². The number of nitrogens with one attached hydrogen (secondary N) is 2. The third-order valence-electron chi connectivity index (χ3n) is 5.62. The Morgan fingerprint density at radius 3 is 2.17 bits per heavy atom. The van der Waals surface area contributed by atoms with Crippen LogP contribution in [0.15, 0.2) is 75.9 Å². The molecule has 36 heavy (non-hydrogen) atoms. The molecule has 0 radical (unpaired) electrons. The quantitative estimate of drug-likeness (QED) is 0.354. The van der Waals surface area contributed by atoms with Crippen LogP contribution in [-0.2, 0) is 4.79 Å². The molecule has 3 N–H and O–H groups in total. The van der Waals surface area contributed by atoms with Crippen LogP contribution >= 0.6 is 0 Å². The van der Waals surface area contributed by atoms with E-state index in [1.165, 1.54) is 6.07 Å². The van der Waals surface area contributed by atoms with Gasteiger partial charge in [-0.25, -0.2) is 0 Å². The van der Waals surface area contributed by atoms with Gasteiger partial charge in [-0.3, -0.25) is 19.2 Å². The summed E-state index contributed by atoms with van der Waals surface area (Å²) in [7, 11) is 0. The average Bonchev–Trinajstić information content (AvgIpc) is 2.85. The number of amides is 2. The van der Waals surface area contributed by atoms with Crippen molar-refractivity contribution in [2.45, 2.75) is 20.3 Å². The zero-order valence-electron chi connectivity index (χ0n) is 19.8. The van der Waals surface area contributed by atoms with Crippen LogP contribution in [0.3, 0.4) is 0 Å². The van der Waals surface area contributed by atoms with E-state index in [0.717, 1.165) is 11.1 Å². The fraction of sp³-hybridized carbons (Fsp3) is 0.143. The summed E-state index contributed by atoms with van der Waals surface area (Å²) >= 11 is 0. The monoisotopic (exact) mass is 484 g/mol. The molecule has 0 bridgehead atoms. The molecule has 0 aliphatic rings. The lowest BCUT2D eigenvalue weighted by Gasteiger charge is -2.09. The number of aliphatic carboxylic acids is 1. The Balaban J connectivity index is 1.45. The summed E-state index contributed by atoms with van der Waals surface area (Å²) in [5.41, 5.74) is 4.21. The SMILES string of the molecule is Cc1cc(C)c2oc(-c3ccc(C(=O)Nc4ccc(C(=O)NCCC(=O)O)cc4)cc3)cc(=O)c2c1. The molecule has 0 fully saturated rings. The van der Waals surface area contributed by atoms with Gasteiger partial charge in [-0.2, -0.15) is 0 Å². The Morgan fingerprint density at radius 2 is 1.50 bits per heavy atom. The Labute approximate surface area is 206 Å². The number of aryl methyl sites for hydroxylation is 2. The van der Waals surface area contributed by atoms with Crippen molar-refractivity contribution in [2.75, 3.05) is 11.9 Å². The largest absolute Gasteiger partial charge is 0.481 e. The number of hydrogen-bond donors (Lipinski definition) is 3. The van der Waals surface area contributed by atoms with Crippen molar-refractivity contribution in [2.24, 2.45) is 0 Å². The van der Waals surface area contributed by atoms with Crippen molar-refractivity contribution < 1.29 is 23.9 Å². The molecule has 1 heterocycles. The van der Waals surface area contributed by atoms with Crippen LogP contribution in [0.5, 0.6) is 0 Å². The highest BCUT2D eigenvalue weighted by Crippen LogP contribution is 2.25. The number of rotatable bonds is 7. The summed E-state index contributed by atoms with van der Waals surface area (Å²) in [6, 6.07) is 18.2. The third-order valence-corrected chi connectivity index (χ3v) is 5.62. The number of carbonyl (C=O) groups excluding carboxylic acids is 2. The molecule has 0 aliphatic heterocycles. The molecule has 0 atom stereocenters. The number of anilines is 1. The maximum Gasteiger partial charge on any atom is 0.305 e. The van der Waals surface area contributed by atoms with Gasteiger partial charge in [0.05, 0.1) is 11.8 Å². The number of carboxylic acid groups (broad SMARTS) is 1. The molecule has 2 amide bonds. The highest BCUT2D eigenvalue weighted by molar-refractivity contribution is 6.04. The minimum absolute atomic E-state index is 0.0323. The van der Waals surface area contributed by atoms with Gasteiger partial charge in [-0.05, 0) is 67.4 Å². The summed E-state index contributed by atoms with van der Waals surface area (Å²) in [4.78, 5) is 47.9. The van der Waals surface area contributed by atoms with Crippen LogP contribution in [0, 0.1) is 13.8 Å². The molecule has 3 aromatic carbocycles. The van der Waals surface area contributed by atoms with Crippen molar-refractivity contribution in [3.05, 3.63) is 99.2 Å². The number of carboxylic acids is 1. The van der Waals surface area contributed by atoms with E-state index < -0.39 is 11.9 Å². The Bertz CT molecular complexity index is 1520. The van der Waals surface area contributed by atoms with Crippen LogP contribution in [0.2, 0.25) is 0 Å². The summed E-state index contributed by atoms with van der Waals surface area (Å²) in [6.07, 6.45) is -0.162. The summed E-state index contributed by atoms with van der Waals surface area (Å²) < 4.78 is 6.01. The topological polar surface area (TPSA) is 126 Å². The maximum atomic E-state index is 12.7. The molecule has 0 aliphatic carbocycles. The van der Waals surface area contributed by atoms with E-state index in [9.17, 15) is 19.2 Å². The Morgan fingerprint density at radius 1 is 0.861 bits per heavy atom. The predicted molar refractivity (Wildman–Crippen MR) is 136 cm³/mol. The molecular weight excluding hydrogens is 460 g/mol. The van der Waals surface area contributed by atoms with Crippen molar-refractivity contribution in [1.82, 2.24) is 5.32 Å². The number of benzene rings is 3. The van der Waals surface area contributed by atoms with Gasteiger partial charge in [0.25, 0.3) is 11.8 Å². The zero-order valence-corrected chi connectivity index (χ0v) is 19.8. The van der Waals surface area contributed by atoms with Gasteiger partial charge in [-0.15, -0.1) is 0 Å². The first-order valence-electron chi connectivity index (χ1n) is 11.3. The molecule has 0 saturated carbocycles. The normalized spacial score (nSPS) is 10.7. The molecular formula is C28H24N2O6. The van der Waals surface area contributed by atoms with Crippen molar-refractivity contribution in [3.8, 4) is 11.3 Å². The first kappa shape index (κ1) is 24.4. The van der Waals surface area contributed by atoms with E-state index >= 15 is 0 Å². The van der Waals surface area contributed by atoms with E-state index in [-0.39, 0.29) is 24.3 Å². The fourth-order valence-electron chi connectivity index (χ4n) is 3.83. The molecule has 4 aromatic rings. The lowest BCUT2D eigenvalue weighted by Crippen LogP contribution is -2.25. The van der Waals surface area contributed by atoms with E-state index in [1.807, 2.05) is 26.0 Å². The smallest absolute Gasteiger partial charge is 0.305 e. The van der Waals surface area contributed by atoms with Gasteiger partial charge in [0.15, 0.2) is 5.43 Å². The second-order valence-corrected chi connectivity index (χ2v) is 8.44. The van der Waals surface area contributed by atoms with Crippen molar-refractivity contribution >= 4 is 34.4 Å². The van der Waals surface area contributed by atoms with Crippen LogP contribution in [0.25, 0.3) is 22.3 Å². The van der Waals surface area contributed by atoms with Crippen LogP contribution in [0.4, 0.5) is 5.69 Å². The molecule has 0 saturated heterocycles. The molecule has 1 aromatic heterocycles. The fourth-order valence-corrected chi connectivity index (χ4v) is 3.83. The molecule has 0 unspecified atom stereocenters. The number of hydrogen-bond acceptors (Lipinski definition) is 5. The van der Waals surface area contributed by atoms with Gasteiger partial charge in [0.1, 0.15) is 11.3 Å². The first-order valence-corrected chi connectivity index (χ1v) is 11.3. The first-order chi connectivity index (χ1) is 17.2. The summed E-state index contributed by atoms with van der Waals surface area (Å²) in [5, 5.41) is 14.5. The summed E-state index contributed by atoms with van der Waals surface area (Å²) in [6.45, 7) is 3.86. The predicted octanol–water partition coefficient (Wildman–Crippen LogP) is 4.53. The summed E-state index contributed by atoms with van der Waals surface area (Å²) in [5.74, 6) is -1.31. The second kappa shape index (κ2) is 10.3. The minimum Gasteiger partial charge on any atom is -0.481 e. The third kappa shape index (κ3) is 5.50. The molecule has 8 heteroatoms. The second-order valence-electron chi connectivity index (χ2n) is 8.44. The molecule has 4 rings (SSSR count). The van der Waals surface area contributed by atoms with Gasteiger partial charge < -0.3 is 20.2 Å².